The van der Waals surface area contributed by atoms with Crippen LogP contribution in [-0.4, -0.2) is 14.0 Å². The number of anilines is 3. The predicted molar refractivity (Wildman–Crippen MR) is 154 cm³/mol. The third kappa shape index (κ3) is 4.48. The smallest absolute Gasteiger partial charge is 0.402 e. The van der Waals surface area contributed by atoms with Gasteiger partial charge in [-0.05, 0) is 47.6 Å². The van der Waals surface area contributed by atoms with E-state index in [1.54, 1.807) is 0 Å². The lowest BCUT2D eigenvalue weighted by Gasteiger charge is -2.28. The van der Waals surface area contributed by atoms with Crippen LogP contribution in [0.5, 0.6) is 0 Å². The molecule has 1 aliphatic heterocycles. The number of allylic oxidation sites excluding steroid dienone is 5. The zero-order valence-corrected chi connectivity index (χ0v) is 20.3. The van der Waals surface area contributed by atoms with Crippen LogP contribution in [0.25, 0.3) is 21.9 Å². The molecule has 1 heterocycles. The molecule has 1 aliphatic rings. The van der Waals surface area contributed by atoms with Crippen LogP contribution in [0.4, 0.5) is 17.1 Å². The van der Waals surface area contributed by atoms with Crippen molar-refractivity contribution in [2.75, 3.05) is 22.8 Å². The molecule has 0 saturated heterocycles. The number of hydrogen-bond acceptors (Lipinski definition) is 3. The largest absolute Gasteiger partial charge is 0.405 e. The fraction of sp³-hybridized carbons (Fsp3) is 0.0968. The normalized spacial score (nSPS) is 13.0. The minimum Gasteiger partial charge on any atom is -0.405 e. The monoisotopic (exact) mass is 455 g/mol. The number of para-hydroxylation sites is 1. The summed E-state index contributed by atoms with van der Waals surface area (Å²) in [5.41, 5.74) is 9.73. The third-order valence-corrected chi connectivity index (χ3v) is 6.66. The predicted octanol–water partition coefficient (Wildman–Crippen LogP) is 7.63. The standard InChI is InChI=1S/C31H30BN3/c1-4-5-6-16-25(32-34-28-19-10-13-23-14-11-20-29(35-32)30(23)28)21-24-15-9-18-27(31(24)33-3)26-17-8-7-12-22(26)2/h4-20,33-35H,1,21H2,2-3H3/b6-5-,25-16+. The first-order chi connectivity index (χ1) is 17.2. The number of hydrogen-bond donors (Lipinski definition) is 3. The van der Waals surface area contributed by atoms with Gasteiger partial charge in [0.15, 0.2) is 0 Å². The zero-order valence-electron chi connectivity index (χ0n) is 20.3. The van der Waals surface area contributed by atoms with E-state index in [2.05, 4.69) is 120 Å². The maximum absolute atomic E-state index is 3.83. The van der Waals surface area contributed by atoms with E-state index in [9.17, 15) is 0 Å². The van der Waals surface area contributed by atoms with Crippen LogP contribution in [0.1, 0.15) is 11.1 Å². The molecule has 4 aromatic rings. The molecule has 0 aromatic heterocycles. The Labute approximate surface area is 208 Å². The van der Waals surface area contributed by atoms with Gasteiger partial charge in [-0.2, -0.15) is 0 Å². The molecule has 0 fully saturated rings. The van der Waals surface area contributed by atoms with Gasteiger partial charge in [-0.1, -0.05) is 103 Å². The Balaban J connectivity index is 1.54. The van der Waals surface area contributed by atoms with Crippen LogP contribution in [-0.2, 0) is 6.42 Å². The van der Waals surface area contributed by atoms with Crippen LogP contribution >= 0.6 is 0 Å². The molecule has 5 rings (SSSR count). The quantitative estimate of drug-likeness (QED) is 0.198. The Morgan fingerprint density at radius 1 is 0.857 bits per heavy atom. The van der Waals surface area contributed by atoms with Gasteiger partial charge in [0.2, 0.25) is 0 Å². The van der Waals surface area contributed by atoms with E-state index in [1.165, 1.54) is 44.2 Å². The van der Waals surface area contributed by atoms with Crippen LogP contribution in [0.15, 0.2) is 115 Å². The van der Waals surface area contributed by atoms with Crippen LogP contribution in [0.2, 0.25) is 0 Å². The van der Waals surface area contributed by atoms with Gasteiger partial charge in [0.25, 0.3) is 0 Å². The van der Waals surface area contributed by atoms with Gasteiger partial charge in [-0.25, -0.2) is 0 Å². The summed E-state index contributed by atoms with van der Waals surface area (Å²) in [4.78, 5) is 0. The topological polar surface area (TPSA) is 36.1 Å². The minimum atomic E-state index is -0.0308. The Bertz CT molecular complexity index is 1410. The summed E-state index contributed by atoms with van der Waals surface area (Å²) in [5, 5.41) is 13.5. The molecular formula is C31H30BN3. The summed E-state index contributed by atoms with van der Waals surface area (Å²) in [6, 6.07) is 28.0. The first kappa shape index (κ1) is 22.6. The van der Waals surface area contributed by atoms with E-state index in [4.69, 9.17) is 0 Å². The Kier molecular flexibility index (Phi) is 6.45. The molecule has 0 amide bonds. The Hall–Kier alpha value is -4.18. The molecule has 0 unspecified atom stereocenters. The second kappa shape index (κ2) is 9.98. The average molecular weight is 455 g/mol. The van der Waals surface area contributed by atoms with Crippen molar-refractivity contribution in [2.24, 2.45) is 0 Å². The van der Waals surface area contributed by atoms with E-state index in [0.29, 0.717) is 0 Å². The Morgan fingerprint density at radius 3 is 2.23 bits per heavy atom. The number of benzene rings is 4. The lowest BCUT2D eigenvalue weighted by Crippen LogP contribution is -2.40. The first-order valence-electron chi connectivity index (χ1n) is 12.1. The summed E-state index contributed by atoms with van der Waals surface area (Å²) >= 11 is 0. The summed E-state index contributed by atoms with van der Waals surface area (Å²) in [5.74, 6) is 0. The summed E-state index contributed by atoms with van der Waals surface area (Å²) < 4.78 is 0. The molecule has 35 heavy (non-hydrogen) atoms. The molecule has 0 saturated carbocycles. The van der Waals surface area contributed by atoms with Crippen molar-refractivity contribution in [2.45, 2.75) is 13.3 Å². The van der Waals surface area contributed by atoms with Crippen molar-refractivity contribution < 1.29 is 0 Å². The highest BCUT2D eigenvalue weighted by Gasteiger charge is 2.27. The first-order valence-corrected chi connectivity index (χ1v) is 12.1. The van der Waals surface area contributed by atoms with Crippen LogP contribution < -0.4 is 15.8 Å². The molecule has 172 valence electrons. The molecule has 0 radical (unpaired) electrons. The van der Waals surface area contributed by atoms with Crippen molar-refractivity contribution in [1.29, 1.82) is 0 Å². The summed E-state index contributed by atoms with van der Waals surface area (Å²) in [7, 11) is 2.01. The van der Waals surface area contributed by atoms with E-state index >= 15 is 0 Å². The summed E-state index contributed by atoms with van der Waals surface area (Å²) in [6.07, 6.45) is 8.83. The molecule has 0 aliphatic carbocycles. The third-order valence-electron chi connectivity index (χ3n) is 6.66. The highest BCUT2D eigenvalue weighted by molar-refractivity contribution is 6.74. The molecule has 0 bridgehead atoms. The number of nitrogens with one attached hydrogen (secondary N) is 3. The average Bonchev–Trinajstić information content (AvgIpc) is 2.88. The lowest BCUT2D eigenvalue weighted by atomic mass is 9.63. The van der Waals surface area contributed by atoms with Crippen molar-refractivity contribution in [3.63, 3.8) is 0 Å². The van der Waals surface area contributed by atoms with Crippen LogP contribution in [0.3, 0.4) is 0 Å². The van der Waals surface area contributed by atoms with Gasteiger partial charge in [-0.3, -0.25) is 0 Å². The fourth-order valence-electron chi connectivity index (χ4n) is 4.99. The highest BCUT2D eigenvalue weighted by Crippen LogP contribution is 2.37. The fourth-order valence-corrected chi connectivity index (χ4v) is 4.99. The van der Waals surface area contributed by atoms with Crippen molar-refractivity contribution in [1.82, 2.24) is 0 Å². The van der Waals surface area contributed by atoms with Gasteiger partial charge >= 0.3 is 6.98 Å². The number of aryl methyl sites for hydroxylation is 1. The van der Waals surface area contributed by atoms with E-state index < -0.39 is 0 Å². The van der Waals surface area contributed by atoms with Gasteiger partial charge in [0.05, 0.1) is 0 Å². The second-order valence-electron chi connectivity index (χ2n) is 8.87. The molecule has 3 nitrogen and oxygen atoms in total. The van der Waals surface area contributed by atoms with Crippen LogP contribution in [0, 0.1) is 6.92 Å². The maximum atomic E-state index is 3.83. The van der Waals surface area contributed by atoms with Gasteiger partial charge in [0, 0.05) is 35.1 Å². The highest BCUT2D eigenvalue weighted by atomic mass is 15.0. The van der Waals surface area contributed by atoms with Gasteiger partial charge < -0.3 is 15.8 Å². The van der Waals surface area contributed by atoms with Gasteiger partial charge in [-0.15, -0.1) is 0 Å². The Morgan fingerprint density at radius 2 is 1.54 bits per heavy atom. The van der Waals surface area contributed by atoms with Crippen molar-refractivity contribution in [3.8, 4) is 11.1 Å². The minimum absolute atomic E-state index is 0.0308. The molecule has 0 spiro atoms. The maximum Gasteiger partial charge on any atom is 0.402 e. The van der Waals surface area contributed by atoms with E-state index in [-0.39, 0.29) is 6.98 Å². The molecule has 3 N–H and O–H groups in total. The van der Waals surface area contributed by atoms with Crippen molar-refractivity contribution >= 4 is 34.8 Å². The molecule has 4 heteroatoms. The zero-order chi connectivity index (χ0) is 24.2. The van der Waals surface area contributed by atoms with Crippen molar-refractivity contribution in [3.05, 3.63) is 126 Å². The lowest BCUT2D eigenvalue weighted by molar-refractivity contribution is 1.21. The second-order valence-corrected chi connectivity index (χ2v) is 8.87. The number of rotatable bonds is 7. The van der Waals surface area contributed by atoms with E-state index in [0.717, 1.165) is 17.8 Å². The van der Waals surface area contributed by atoms with E-state index in [1.807, 2.05) is 19.2 Å². The molecule has 4 aromatic carbocycles. The molecule has 0 atom stereocenters. The summed E-state index contributed by atoms with van der Waals surface area (Å²) in [6.45, 7) is 5.97. The SMILES string of the molecule is C=C/C=C\C=C(/Cc1cccc(-c2ccccc2C)c1NC)B1Nc2cccc3cccc(c23)N1. The molecular weight excluding hydrogens is 425 g/mol. The van der Waals surface area contributed by atoms with Gasteiger partial charge in [0.1, 0.15) is 0 Å².